The molecule has 0 aromatic carbocycles. The van der Waals surface area contributed by atoms with E-state index in [-0.39, 0.29) is 0 Å². The molecule has 2 aromatic rings. The maximum absolute atomic E-state index is 4.71. The highest BCUT2D eigenvalue weighted by molar-refractivity contribution is 14.1. The number of rotatable bonds is 6. The fraction of sp³-hybridized carbons (Fsp3) is 0.400. The molecule has 0 spiro atoms. The lowest BCUT2D eigenvalue weighted by Gasteiger charge is -2.12. The van der Waals surface area contributed by atoms with Crippen LogP contribution in [0.5, 0.6) is 0 Å². The van der Waals surface area contributed by atoms with Crippen molar-refractivity contribution in [1.29, 1.82) is 0 Å². The lowest BCUT2D eigenvalue weighted by molar-refractivity contribution is 0.862. The van der Waals surface area contributed by atoms with Crippen LogP contribution in [-0.4, -0.2) is 21.5 Å². The molecule has 1 N–H and O–H groups in total. The number of nitrogens with zero attached hydrogens (tertiary/aromatic N) is 3. The molecular formula is C15H18BrIN4. The first-order valence-electron chi connectivity index (χ1n) is 7.08. The van der Waals surface area contributed by atoms with Gasteiger partial charge in [-0.1, -0.05) is 20.3 Å². The van der Waals surface area contributed by atoms with E-state index >= 15 is 0 Å². The smallest absolute Gasteiger partial charge is 0.181 e. The number of pyridine rings is 1. The maximum Gasteiger partial charge on any atom is 0.181 e. The van der Waals surface area contributed by atoms with E-state index in [9.17, 15) is 0 Å². The summed E-state index contributed by atoms with van der Waals surface area (Å²) < 4.78 is 2.02. The average Bonchev–Trinajstić information content (AvgIpc) is 2.49. The SMILES string of the molecule is CCCNc1nc(-c2ncccc2Br)nc(CCC)c1I. The lowest BCUT2D eigenvalue weighted by Crippen LogP contribution is -2.09. The molecule has 2 rings (SSSR count). The van der Waals surface area contributed by atoms with E-state index in [2.05, 4.69) is 67.7 Å². The van der Waals surface area contributed by atoms with Gasteiger partial charge in [-0.05, 0) is 63.5 Å². The van der Waals surface area contributed by atoms with Crippen LogP contribution in [0.1, 0.15) is 32.4 Å². The Labute approximate surface area is 147 Å². The molecule has 0 fully saturated rings. The van der Waals surface area contributed by atoms with Crippen molar-refractivity contribution in [2.75, 3.05) is 11.9 Å². The van der Waals surface area contributed by atoms with Crippen molar-refractivity contribution in [3.8, 4) is 11.5 Å². The van der Waals surface area contributed by atoms with E-state index < -0.39 is 0 Å². The zero-order chi connectivity index (χ0) is 15.2. The van der Waals surface area contributed by atoms with Crippen molar-refractivity contribution in [3.63, 3.8) is 0 Å². The molecule has 0 unspecified atom stereocenters. The van der Waals surface area contributed by atoms with Gasteiger partial charge in [0.25, 0.3) is 0 Å². The number of nitrogens with one attached hydrogen (secondary N) is 1. The van der Waals surface area contributed by atoms with Crippen LogP contribution in [0.3, 0.4) is 0 Å². The van der Waals surface area contributed by atoms with Crippen LogP contribution in [-0.2, 0) is 6.42 Å². The molecule has 0 saturated carbocycles. The second-order valence-corrected chi connectivity index (χ2v) is 6.60. The molecule has 0 aliphatic rings. The molecule has 0 aliphatic carbocycles. The van der Waals surface area contributed by atoms with Gasteiger partial charge in [0.15, 0.2) is 5.82 Å². The monoisotopic (exact) mass is 460 g/mol. The summed E-state index contributed by atoms with van der Waals surface area (Å²) in [4.78, 5) is 13.8. The Hall–Kier alpha value is -0.760. The molecule has 0 aliphatic heterocycles. The molecule has 0 saturated heterocycles. The Bertz CT molecular complexity index is 619. The summed E-state index contributed by atoms with van der Waals surface area (Å²) in [5.41, 5.74) is 1.87. The topological polar surface area (TPSA) is 50.7 Å². The van der Waals surface area contributed by atoms with Crippen LogP contribution in [0.15, 0.2) is 22.8 Å². The molecule has 2 heterocycles. The van der Waals surface area contributed by atoms with Crippen LogP contribution in [0, 0.1) is 3.57 Å². The summed E-state index contributed by atoms with van der Waals surface area (Å²) in [5, 5.41) is 3.39. The molecule has 6 heteroatoms. The summed E-state index contributed by atoms with van der Waals surface area (Å²) in [6, 6.07) is 3.85. The molecule has 0 radical (unpaired) electrons. The van der Waals surface area contributed by atoms with Gasteiger partial charge < -0.3 is 5.32 Å². The van der Waals surface area contributed by atoms with Crippen LogP contribution < -0.4 is 5.32 Å². The molecule has 0 atom stereocenters. The normalized spacial score (nSPS) is 10.7. The van der Waals surface area contributed by atoms with Crippen LogP contribution in [0.25, 0.3) is 11.5 Å². The summed E-state index contributed by atoms with van der Waals surface area (Å²) in [6.45, 7) is 5.21. The van der Waals surface area contributed by atoms with E-state index in [1.54, 1.807) is 6.20 Å². The minimum atomic E-state index is 0.671. The minimum absolute atomic E-state index is 0.671. The molecular weight excluding hydrogens is 443 g/mol. The number of anilines is 1. The molecule has 0 amide bonds. The van der Waals surface area contributed by atoms with Crippen LogP contribution in [0.2, 0.25) is 0 Å². The first kappa shape index (κ1) is 16.6. The maximum atomic E-state index is 4.71. The van der Waals surface area contributed by atoms with Crippen molar-refractivity contribution in [2.45, 2.75) is 33.1 Å². The van der Waals surface area contributed by atoms with Crippen LogP contribution >= 0.6 is 38.5 Å². The van der Waals surface area contributed by atoms with Gasteiger partial charge in [-0.2, -0.15) is 0 Å². The van der Waals surface area contributed by atoms with Gasteiger partial charge in [0.05, 0.1) is 9.26 Å². The molecule has 2 aromatic heterocycles. The fourth-order valence-electron chi connectivity index (χ4n) is 1.91. The van der Waals surface area contributed by atoms with Gasteiger partial charge in [-0.3, -0.25) is 4.98 Å². The van der Waals surface area contributed by atoms with E-state index in [4.69, 9.17) is 4.98 Å². The summed E-state index contributed by atoms with van der Waals surface area (Å²) >= 11 is 5.86. The first-order valence-corrected chi connectivity index (χ1v) is 8.95. The Morgan fingerprint density at radius 1 is 1.24 bits per heavy atom. The number of aryl methyl sites for hydroxylation is 1. The highest BCUT2D eigenvalue weighted by Gasteiger charge is 2.15. The predicted octanol–water partition coefficient (Wildman–Crippen LogP) is 4.68. The standard InChI is InChI=1S/C15H18BrIN4/c1-3-6-11-12(17)14(19-8-4-2)21-15(20-11)13-10(16)7-5-9-18-13/h5,7,9H,3-4,6,8H2,1-2H3,(H,19,20,21). The number of aromatic nitrogens is 3. The van der Waals surface area contributed by atoms with Gasteiger partial charge >= 0.3 is 0 Å². The summed E-state index contributed by atoms with van der Waals surface area (Å²) in [6.07, 6.45) is 4.83. The van der Waals surface area contributed by atoms with Crippen LogP contribution in [0.4, 0.5) is 5.82 Å². The molecule has 4 nitrogen and oxygen atoms in total. The lowest BCUT2D eigenvalue weighted by atomic mass is 10.2. The Morgan fingerprint density at radius 3 is 2.71 bits per heavy atom. The highest BCUT2D eigenvalue weighted by Crippen LogP contribution is 2.27. The zero-order valence-electron chi connectivity index (χ0n) is 12.2. The van der Waals surface area contributed by atoms with Gasteiger partial charge in [0.1, 0.15) is 11.5 Å². The Morgan fingerprint density at radius 2 is 2.05 bits per heavy atom. The fourth-order valence-corrected chi connectivity index (χ4v) is 3.05. The van der Waals surface area contributed by atoms with E-state index in [1.807, 2.05) is 12.1 Å². The summed E-state index contributed by atoms with van der Waals surface area (Å²) in [5.74, 6) is 1.58. The highest BCUT2D eigenvalue weighted by atomic mass is 127. The first-order chi connectivity index (χ1) is 10.2. The quantitative estimate of drug-likeness (QED) is 0.636. The second kappa shape index (κ2) is 8.03. The van der Waals surface area contributed by atoms with Gasteiger partial charge in [0, 0.05) is 17.2 Å². The van der Waals surface area contributed by atoms with Crippen molar-refractivity contribution < 1.29 is 0 Å². The predicted molar refractivity (Wildman–Crippen MR) is 98.5 cm³/mol. The number of hydrogen-bond donors (Lipinski definition) is 1. The third-order valence-corrected chi connectivity index (χ3v) is 4.69. The van der Waals surface area contributed by atoms with Crippen molar-refractivity contribution in [2.24, 2.45) is 0 Å². The van der Waals surface area contributed by atoms with Crippen molar-refractivity contribution in [3.05, 3.63) is 32.1 Å². The molecule has 0 bridgehead atoms. The van der Waals surface area contributed by atoms with Gasteiger partial charge in [-0.15, -0.1) is 0 Å². The molecule has 112 valence electrons. The third kappa shape index (κ3) is 4.12. The van der Waals surface area contributed by atoms with Crippen molar-refractivity contribution >= 4 is 44.3 Å². The van der Waals surface area contributed by atoms with E-state index in [0.717, 1.165) is 51.1 Å². The van der Waals surface area contributed by atoms with Crippen molar-refractivity contribution in [1.82, 2.24) is 15.0 Å². The zero-order valence-corrected chi connectivity index (χ0v) is 15.9. The van der Waals surface area contributed by atoms with E-state index in [1.165, 1.54) is 0 Å². The third-order valence-electron chi connectivity index (χ3n) is 2.92. The Kier molecular flexibility index (Phi) is 6.35. The van der Waals surface area contributed by atoms with E-state index in [0.29, 0.717) is 5.82 Å². The van der Waals surface area contributed by atoms with Gasteiger partial charge in [-0.25, -0.2) is 9.97 Å². The largest absolute Gasteiger partial charge is 0.369 e. The number of hydrogen-bond acceptors (Lipinski definition) is 4. The Balaban J connectivity index is 2.50. The number of halogens is 2. The van der Waals surface area contributed by atoms with Gasteiger partial charge in [0.2, 0.25) is 0 Å². The second-order valence-electron chi connectivity index (χ2n) is 4.67. The molecule has 21 heavy (non-hydrogen) atoms. The summed E-state index contributed by atoms with van der Waals surface area (Å²) in [7, 11) is 0. The minimum Gasteiger partial charge on any atom is -0.369 e. The average molecular weight is 461 g/mol.